The lowest BCUT2D eigenvalue weighted by molar-refractivity contribution is -0.137. The number of primary amides is 1. The Kier molecular flexibility index (Phi) is 5.52. The molecule has 20 heavy (non-hydrogen) atoms. The number of amides is 3. The number of hydrogen-bond acceptors (Lipinski definition) is 3. The van der Waals surface area contributed by atoms with E-state index >= 15 is 0 Å². The molecule has 7 nitrogen and oxygen atoms in total. The zero-order chi connectivity index (χ0) is 15.1. The van der Waals surface area contributed by atoms with Gasteiger partial charge in [0.15, 0.2) is 0 Å². The number of urea groups is 1. The van der Waals surface area contributed by atoms with E-state index in [1.54, 1.807) is 31.2 Å². The number of carbonyl (C=O) groups is 3. The molecule has 0 aromatic heterocycles. The summed E-state index contributed by atoms with van der Waals surface area (Å²) >= 11 is 0. The van der Waals surface area contributed by atoms with Crippen molar-refractivity contribution in [3.05, 3.63) is 35.4 Å². The predicted molar refractivity (Wildman–Crippen MR) is 72.0 cm³/mol. The highest BCUT2D eigenvalue weighted by molar-refractivity contribution is 5.94. The van der Waals surface area contributed by atoms with Crippen LogP contribution in [0.5, 0.6) is 0 Å². The summed E-state index contributed by atoms with van der Waals surface area (Å²) in [5.41, 5.74) is 6.18. The van der Waals surface area contributed by atoms with E-state index in [1.807, 2.05) is 0 Å². The van der Waals surface area contributed by atoms with Crippen LogP contribution in [-0.4, -0.2) is 29.1 Å². The summed E-state index contributed by atoms with van der Waals surface area (Å²) < 4.78 is 0. The van der Waals surface area contributed by atoms with E-state index in [0.717, 1.165) is 5.56 Å². The van der Waals surface area contributed by atoms with Crippen LogP contribution in [0.3, 0.4) is 0 Å². The lowest BCUT2D eigenvalue weighted by Gasteiger charge is -2.11. The Morgan fingerprint density at radius 3 is 2.35 bits per heavy atom. The second kappa shape index (κ2) is 7.13. The van der Waals surface area contributed by atoms with Crippen molar-refractivity contribution in [1.29, 1.82) is 0 Å². The van der Waals surface area contributed by atoms with Gasteiger partial charge < -0.3 is 21.5 Å². The van der Waals surface area contributed by atoms with Crippen LogP contribution in [0.25, 0.3) is 0 Å². The van der Waals surface area contributed by atoms with Gasteiger partial charge in [0.05, 0.1) is 6.42 Å². The number of carboxylic acid groups (broad SMARTS) is 1. The van der Waals surface area contributed by atoms with Crippen LogP contribution in [0.4, 0.5) is 4.79 Å². The minimum absolute atomic E-state index is 0.133. The zero-order valence-electron chi connectivity index (χ0n) is 11.1. The molecule has 1 unspecified atom stereocenters. The molecule has 1 aromatic carbocycles. The lowest BCUT2D eigenvalue weighted by atomic mass is 10.1. The predicted octanol–water partition coefficient (Wildman–Crippen LogP) is 0.448. The summed E-state index contributed by atoms with van der Waals surface area (Å²) in [6.07, 6.45) is -0.133. The van der Waals surface area contributed by atoms with Crippen molar-refractivity contribution in [3.63, 3.8) is 0 Å². The Morgan fingerprint density at radius 1 is 1.25 bits per heavy atom. The van der Waals surface area contributed by atoms with Gasteiger partial charge in [-0.15, -0.1) is 0 Å². The van der Waals surface area contributed by atoms with Gasteiger partial charge in [0.1, 0.15) is 0 Å². The fourth-order valence-corrected chi connectivity index (χ4v) is 1.58. The first kappa shape index (κ1) is 15.5. The molecule has 1 atom stereocenters. The van der Waals surface area contributed by atoms with E-state index in [1.165, 1.54) is 0 Å². The lowest BCUT2D eigenvalue weighted by Crippen LogP contribution is -2.34. The van der Waals surface area contributed by atoms with Crippen LogP contribution in [0.15, 0.2) is 24.3 Å². The van der Waals surface area contributed by atoms with Crippen LogP contribution < -0.4 is 16.4 Å². The molecule has 0 saturated heterocycles. The molecule has 0 fully saturated rings. The minimum Gasteiger partial charge on any atom is -0.481 e. The Hall–Kier alpha value is -2.57. The molecule has 0 heterocycles. The molecule has 0 aliphatic heterocycles. The average Bonchev–Trinajstić information content (AvgIpc) is 2.35. The number of aliphatic carboxylic acids is 1. The smallest absolute Gasteiger partial charge is 0.312 e. The highest BCUT2D eigenvalue weighted by atomic mass is 16.4. The maximum Gasteiger partial charge on any atom is 0.312 e. The summed E-state index contributed by atoms with van der Waals surface area (Å²) in [6.45, 7) is 1.91. The number of nitrogens with one attached hydrogen (secondary N) is 2. The summed E-state index contributed by atoms with van der Waals surface area (Å²) in [5, 5.41) is 13.6. The molecule has 0 aliphatic carbocycles. The van der Waals surface area contributed by atoms with Gasteiger partial charge in [0.2, 0.25) is 0 Å². The summed E-state index contributed by atoms with van der Waals surface area (Å²) in [4.78, 5) is 32.9. The van der Waals surface area contributed by atoms with E-state index in [2.05, 4.69) is 10.6 Å². The number of hydrogen-bond donors (Lipinski definition) is 4. The van der Waals surface area contributed by atoms with Gasteiger partial charge in [-0.2, -0.15) is 0 Å². The third-order valence-corrected chi connectivity index (χ3v) is 2.54. The molecule has 1 aromatic rings. The number of rotatable bonds is 6. The monoisotopic (exact) mass is 279 g/mol. The molecule has 0 radical (unpaired) electrons. The number of nitrogens with two attached hydrogens (primary N) is 1. The number of carbonyl (C=O) groups excluding carboxylic acids is 2. The first-order valence-electron chi connectivity index (χ1n) is 6.03. The van der Waals surface area contributed by atoms with Crippen molar-refractivity contribution in [2.24, 2.45) is 5.73 Å². The van der Waals surface area contributed by atoms with E-state index in [4.69, 9.17) is 10.8 Å². The maximum absolute atomic E-state index is 11.8. The van der Waals surface area contributed by atoms with Gasteiger partial charge in [0, 0.05) is 18.2 Å². The second-order valence-corrected chi connectivity index (χ2v) is 4.39. The highest BCUT2D eigenvalue weighted by Crippen LogP contribution is 2.05. The maximum atomic E-state index is 11.8. The van der Waals surface area contributed by atoms with Crippen LogP contribution in [0.1, 0.15) is 29.3 Å². The van der Waals surface area contributed by atoms with Crippen LogP contribution >= 0.6 is 0 Å². The SMILES string of the molecule is CC(CC(=O)O)NC(=O)c1ccc(CNC(N)=O)cc1. The minimum atomic E-state index is -0.967. The molecular formula is C13H17N3O4. The summed E-state index contributed by atoms with van der Waals surface area (Å²) in [6, 6.07) is 5.51. The van der Waals surface area contributed by atoms with Gasteiger partial charge in [-0.3, -0.25) is 9.59 Å². The topological polar surface area (TPSA) is 122 Å². The van der Waals surface area contributed by atoms with E-state index < -0.39 is 18.0 Å². The number of carboxylic acids is 1. The van der Waals surface area contributed by atoms with Crippen molar-refractivity contribution in [1.82, 2.24) is 10.6 Å². The van der Waals surface area contributed by atoms with E-state index in [-0.39, 0.29) is 18.9 Å². The Morgan fingerprint density at radius 2 is 1.85 bits per heavy atom. The van der Waals surface area contributed by atoms with Crippen molar-refractivity contribution in [3.8, 4) is 0 Å². The van der Waals surface area contributed by atoms with Crippen molar-refractivity contribution < 1.29 is 19.5 Å². The van der Waals surface area contributed by atoms with Gasteiger partial charge >= 0.3 is 12.0 Å². The van der Waals surface area contributed by atoms with Gasteiger partial charge in [-0.1, -0.05) is 12.1 Å². The normalized spacial score (nSPS) is 11.4. The standard InChI is InChI=1S/C13H17N3O4/c1-8(6-11(17)18)16-12(19)10-4-2-9(3-5-10)7-15-13(14)20/h2-5,8H,6-7H2,1H3,(H,16,19)(H,17,18)(H3,14,15,20). The van der Waals surface area contributed by atoms with Crippen molar-refractivity contribution in [2.45, 2.75) is 25.9 Å². The largest absolute Gasteiger partial charge is 0.481 e. The average molecular weight is 279 g/mol. The van der Waals surface area contributed by atoms with Gasteiger partial charge in [-0.25, -0.2) is 4.79 Å². The third kappa shape index (κ3) is 5.38. The highest BCUT2D eigenvalue weighted by Gasteiger charge is 2.12. The van der Waals surface area contributed by atoms with Gasteiger partial charge in [0.25, 0.3) is 5.91 Å². The molecule has 0 saturated carbocycles. The molecule has 5 N–H and O–H groups in total. The summed E-state index contributed by atoms with van der Waals surface area (Å²) in [7, 11) is 0. The van der Waals surface area contributed by atoms with Crippen LogP contribution in [0, 0.1) is 0 Å². The second-order valence-electron chi connectivity index (χ2n) is 4.39. The van der Waals surface area contributed by atoms with Crippen LogP contribution in [0.2, 0.25) is 0 Å². The zero-order valence-corrected chi connectivity index (χ0v) is 11.1. The van der Waals surface area contributed by atoms with Crippen molar-refractivity contribution in [2.75, 3.05) is 0 Å². The van der Waals surface area contributed by atoms with Crippen molar-refractivity contribution >= 4 is 17.9 Å². The number of benzene rings is 1. The molecule has 0 bridgehead atoms. The first-order chi connectivity index (χ1) is 9.38. The Bertz CT molecular complexity index is 499. The van der Waals surface area contributed by atoms with E-state index in [9.17, 15) is 14.4 Å². The third-order valence-electron chi connectivity index (χ3n) is 2.54. The molecular weight excluding hydrogens is 262 g/mol. The summed E-state index contributed by atoms with van der Waals surface area (Å²) in [5.74, 6) is -1.31. The molecule has 0 spiro atoms. The quantitative estimate of drug-likeness (QED) is 0.603. The fourth-order valence-electron chi connectivity index (χ4n) is 1.58. The Labute approximate surface area is 116 Å². The molecule has 0 aliphatic rings. The molecule has 1 rings (SSSR count). The van der Waals surface area contributed by atoms with Gasteiger partial charge in [-0.05, 0) is 24.6 Å². The molecule has 108 valence electrons. The van der Waals surface area contributed by atoms with Crippen LogP contribution in [-0.2, 0) is 11.3 Å². The molecule has 3 amide bonds. The fraction of sp³-hybridized carbons (Fsp3) is 0.308. The van der Waals surface area contributed by atoms with E-state index in [0.29, 0.717) is 5.56 Å². The Balaban J connectivity index is 2.57. The molecule has 7 heteroatoms. The first-order valence-corrected chi connectivity index (χ1v) is 6.03.